The third kappa shape index (κ3) is 3.07. The fourth-order valence-electron chi connectivity index (χ4n) is 1.25. The van der Waals surface area contributed by atoms with Crippen molar-refractivity contribution in [2.24, 2.45) is 0 Å². The van der Waals surface area contributed by atoms with Crippen LogP contribution in [0.2, 0.25) is 0 Å². The Morgan fingerprint density at radius 2 is 2.22 bits per heavy atom. The van der Waals surface area contributed by atoms with E-state index in [-0.39, 0.29) is 23.2 Å². The quantitative estimate of drug-likeness (QED) is 0.847. The Bertz CT molecular complexity index is 571. The maximum absolute atomic E-state index is 12.2. The Hall–Kier alpha value is -1.43. The van der Waals surface area contributed by atoms with E-state index in [0.29, 0.717) is 4.88 Å². The second-order valence-corrected chi connectivity index (χ2v) is 6.58. The number of nitriles is 1. The van der Waals surface area contributed by atoms with Gasteiger partial charge in [0.15, 0.2) is 0 Å². The second kappa shape index (κ2) is 5.95. The number of hydrogen-bond donors (Lipinski definition) is 1. The summed E-state index contributed by atoms with van der Waals surface area (Å²) >= 11 is 0.896. The molecule has 0 aliphatic heterocycles. The maximum Gasteiger partial charge on any atom is 0.253 e. The Kier molecular flexibility index (Phi) is 4.84. The van der Waals surface area contributed by atoms with E-state index in [4.69, 9.17) is 5.26 Å². The van der Waals surface area contributed by atoms with Gasteiger partial charge in [-0.25, -0.2) is 8.42 Å². The van der Waals surface area contributed by atoms with E-state index in [0.717, 1.165) is 15.6 Å². The minimum atomic E-state index is -3.71. The number of sulfonamides is 1. The number of likely N-dealkylation sites (N-methyl/N-ethyl adjacent to an activating group) is 2. The molecule has 0 atom stereocenters. The summed E-state index contributed by atoms with van der Waals surface area (Å²) in [7, 11) is -2.26. The highest BCUT2D eigenvalue weighted by molar-refractivity contribution is 7.91. The molecule has 0 unspecified atom stereocenters. The number of thiophene rings is 1. The van der Waals surface area contributed by atoms with Gasteiger partial charge in [-0.15, -0.1) is 11.3 Å². The second-order valence-electron chi connectivity index (χ2n) is 3.33. The van der Waals surface area contributed by atoms with Gasteiger partial charge in [0.25, 0.3) is 10.0 Å². The molecular weight excluding hydrogens is 274 g/mol. The number of hydrogen-bond acceptors (Lipinski definition) is 5. The number of carbonyl (C=O) groups is 1. The third-order valence-electron chi connectivity index (χ3n) is 2.24. The first-order valence-electron chi connectivity index (χ1n) is 5.16. The van der Waals surface area contributed by atoms with Crippen LogP contribution in [0.5, 0.6) is 0 Å². The van der Waals surface area contributed by atoms with Gasteiger partial charge >= 0.3 is 0 Å². The minimum absolute atomic E-state index is 0.0739. The van der Waals surface area contributed by atoms with Crippen molar-refractivity contribution in [2.75, 3.05) is 20.1 Å². The van der Waals surface area contributed by atoms with Gasteiger partial charge in [-0.3, -0.25) is 4.79 Å². The van der Waals surface area contributed by atoms with Gasteiger partial charge in [-0.1, -0.05) is 6.92 Å². The minimum Gasteiger partial charge on any atom is -0.358 e. The molecule has 8 heteroatoms. The Morgan fingerprint density at radius 3 is 2.67 bits per heavy atom. The van der Waals surface area contributed by atoms with Crippen LogP contribution in [0.25, 0.3) is 0 Å². The van der Waals surface area contributed by atoms with Crippen molar-refractivity contribution in [1.82, 2.24) is 9.62 Å². The van der Waals surface area contributed by atoms with Gasteiger partial charge in [-0.2, -0.15) is 9.57 Å². The molecule has 0 aliphatic carbocycles. The molecule has 1 N–H and O–H groups in total. The highest BCUT2D eigenvalue weighted by atomic mass is 32.2. The van der Waals surface area contributed by atoms with E-state index in [1.807, 2.05) is 6.07 Å². The van der Waals surface area contributed by atoms with Crippen LogP contribution in [-0.4, -0.2) is 38.8 Å². The van der Waals surface area contributed by atoms with E-state index >= 15 is 0 Å². The molecule has 0 spiro atoms. The molecule has 0 fully saturated rings. The molecule has 0 aromatic carbocycles. The zero-order valence-corrected chi connectivity index (χ0v) is 11.6. The van der Waals surface area contributed by atoms with E-state index in [9.17, 15) is 13.2 Å². The van der Waals surface area contributed by atoms with E-state index in [2.05, 4.69) is 5.32 Å². The highest BCUT2D eigenvalue weighted by Gasteiger charge is 2.26. The topological polar surface area (TPSA) is 90.3 Å². The van der Waals surface area contributed by atoms with E-state index in [1.165, 1.54) is 19.2 Å². The van der Waals surface area contributed by atoms with Crippen molar-refractivity contribution in [2.45, 2.75) is 11.1 Å². The molecule has 18 heavy (non-hydrogen) atoms. The van der Waals surface area contributed by atoms with E-state index < -0.39 is 10.0 Å². The predicted molar refractivity (Wildman–Crippen MR) is 67.5 cm³/mol. The van der Waals surface area contributed by atoms with Crippen LogP contribution >= 0.6 is 11.3 Å². The molecule has 6 nitrogen and oxygen atoms in total. The molecule has 0 saturated carbocycles. The first-order valence-corrected chi connectivity index (χ1v) is 7.42. The summed E-state index contributed by atoms with van der Waals surface area (Å²) < 4.78 is 25.5. The molecule has 1 aromatic heterocycles. The predicted octanol–water partition coefficient (Wildman–Crippen LogP) is 0.376. The van der Waals surface area contributed by atoms with Gasteiger partial charge in [-0.05, 0) is 12.1 Å². The Labute approximate surface area is 110 Å². The Balaban J connectivity index is 3.03. The maximum atomic E-state index is 12.2. The normalized spacial score (nSPS) is 11.2. The Morgan fingerprint density at radius 1 is 1.56 bits per heavy atom. The molecule has 1 heterocycles. The molecule has 0 aliphatic rings. The molecule has 0 bridgehead atoms. The first kappa shape index (κ1) is 14.6. The molecule has 0 radical (unpaired) electrons. The van der Waals surface area contributed by atoms with Gasteiger partial charge in [0.1, 0.15) is 15.2 Å². The van der Waals surface area contributed by atoms with Crippen molar-refractivity contribution in [3.8, 4) is 6.07 Å². The lowest BCUT2D eigenvalue weighted by molar-refractivity contribution is -0.120. The summed E-state index contributed by atoms with van der Waals surface area (Å²) in [5, 5.41) is 11.1. The van der Waals surface area contributed by atoms with Crippen LogP contribution < -0.4 is 5.32 Å². The van der Waals surface area contributed by atoms with Gasteiger partial charge in [0.05, 0.1) is 6.54 Å². The largest absolute Gasteiger partial charge is 0.358 e. The number of nitrogens with zero attached hydrogens (tertiary/aromatic N) is 2. The third-order valence-corrected chi connectivity index (χ3v) is 5.62. The summed E-state index contributed by atoms with van der Waals surface area (Å²) in [6, 6.07) is 4.71. The van der Waals surface area contributed by atoms with Crippen LogP contribution in [0.1, 0.15) is 11.8 Å². The van der Waals surface area contributed by atoms with Crippen LogP contribution in [0.3, 0.4) is 0 Å². The van der Waals surface area contributed by atoms with Crippen LogP contribution in [-0.2, 0) is 14.8 Å². The number of rotatable bonds is 5. The van der Waals surface area contributed by atoms with Crippen LogP contribution in [0.15, 0.2) is 16.3 Å². The fraction of sp³-hybridized carbons (Fsp3) is 0.400. The summed E-state index contributed by atoms with van der Waals surface area (Å²) in [4.78, 5) is 11.6. The SMILES string of the molecule is CCN(CC(=O)NC)S(=O)(=O)c1ccc(C#N)s1. The molecule has 1 rings (SSSR count). The lowest BCUT2D eigenvalue weighted by Crippen LogP contribution is -2.39. The van der Waals surface area contributed by atoms with Crippen LogP contribution in [0, 0.1) is 11.3 Å². The first-order chi connectivity index (χ1) is 8.45. The van der Waals surface area contributed by atoms with E-state index in [1.54, 1.807) is 6.92 Å². The number of nitrogens with one attached hydrogen (secondary N) is 1. The number of carbonyl (C=O) groups excluding carboxylic acids is 1. The molecule has 98 valence electrons. The van der Waals surface area contributed by atoms with Gasteiger partial charge < -0.3 is 5.32 Å². The van der Waals surface area contributed by atoms with Crippen molar-refractivity contribution in [3.63, 3.8) is 0 Å². The summed E-state index contributed by atoms with van der Waals surface area (Å²) in [6.07, 6.45) is 0. The zero-order chi connectivity index (χ0) is 13.8. The summed E-state index contributed by atoms with van der Waals surface area (Å²) in [6.45, 7) is 1.62. The van der Waals surface area contributed by atoms with Gasteiger partial charge in [0.2, 0.25) is 5.91 Å². The molecule has 1 aromatic rings. The highest BCUT2D eigenvalue weighted by Crippen LogP contribution is 2.24. The lowest BCUT2D eigenvalue weighted by Gasteiger charge is -2.18. The van der Waals surface area contributed by atoms with Gasteiger partial charge in [0, 0.05) is 13.6 Å². The van der Waals surface area contributed by atoms with Crippen molar-refractivity contribution < 1.29 is 13.2 Å². The van der Waals surface area contributed by atoms with Crippen LogP contribution in [0.4, 0.5) is 0 Å². The molecule has 1 amide bonds. The number of amides is 1. The molecular formula is C10H13N3O3S2. The fourth-order valence-corrected chi connectivity index (χ4v) is 3.92. The average Bonchev–Trinajstić information content (AvgIpc) is 2.84. The van der Waals surface area contributed by atoms with Crippen molar-refractivity contribution in [1.29, 1.82) is 5.26 Å². The summed E-state index contributed by atoms with van der Waals surface area (Å²) in [5.41, 5.74) is 0. The lowest BCUT2D eigenvalue weighted by atomic mass is 10.5. The summed E-state index contributed by atoms with van der Waals surface area (Å²) in [5.74, 6) is -0.377. The average molecular weight is 287 g/mol. The molecule has 0 saturated heterocycles. The smallest absolute Gasteiger partial charge is 0.253 e. The standard InChI is InChI=1S/C10H13N3O3S2/c1-3-13(7-9(14)12-2)18(15,16)10-5-4-8(6-11)17-10/h4-5H,3,7H2,1-2H3,(H,12,14). The van der Waals surface area contributed by atoms with Crippen molar-refractivity contribution in [3.05, 3.63) is 17.0 Å². The van der Waals surface area contributed by atoms with Crippen molar-refractivity contribution >= 4 is 27.3 Å². The zero-order valence-electron chi connectivity index (χ0n) is 10.0. The monoisotopic (exact) mass is 287 g/mol.